The maximum absolute atomic E-state index is 6.31. The van der Waals surface area contributed by atoms with Gasteiger partial charge < -0.3 is 14.2 Å². The van der Waals surface area contributed by atoms with E-state index in [4.69, 9.17) is 14.2 Å². The molecule has 0 radical (unpaired) electrons. The molecule has 3 saturated heterocycles. The number of ether oxygens (including phenoxy) is 3. The summed E-state index contributed by atoms with van der Waals surface area (Å²) in [5.41, 5.74) is 5.41. The van der Waals surface area contributed by atoms with Crippen LogP contribution in [0.4, 0.5) is 0 Å². The highest BCUT2D eigenvalue weighted by atomic mass is 16.6. The third-order valence-electron chi connectivity index (χ3n) is 8.23. The molecular formula is C25H44N4O3. The van der Waals surface area contributed by atoms with Crippen LogP contribution in [0.1, 0.15) is 71.1 Å². The van der Waals surface area contributed by atoms with E-state index in [-0.39, 0.29) is 18.6 Å². The van der Waals surface area contributed by atoms with Crippen molar-refractivity contribution in [1.82, 2.24) is 21.1 Å². The summed E-state index contributed by atoms with van der Waals surface area (Å²) in [5.74, 6) is 1.71. The molecule has 7 atom stereocenters. The topological polar surface area (TPSA) is 67.0 Å². The molecule has 0 amide bonds. The first kappa shape index (κ1) is 23.2. The van der Waals surface area contributed by atoms with E-state index >= 15 is 0 Å². The third kappa shape index (κ3) is 5.93. The predicted octanol–water partition coefficient (Wildman–Crippen LogP) is 2.89. The Bertz CT molecular complexity index is 626. The monoisotopic (exact) mass is 448 g/mol. The standard InChI is InChI=1S/C25H44N4O3/c1-18-5-2-6-20(15-18)22-9-11-29(28-22)24-16-23(19-7-3-12-30-14-10-19)26-25(27-24)32-17-21-8-4-13-31-21/h10,18,20-28H,2-9,11-17H2,1H3. The Kier molecular flexibility index (Phi) is 8.17. The predicted molar refractivity (Wildman–Crippen MR) is 125 cm³/mol. The van der Waals surface area contributed by atoms with Gasteiger partial charge in [-0.3, -0.25) is 16.1 Å². The second-order valence-corrected chi connectivity index (χ2v) is 10.7. The zero-order valence-corrected chi connectivity index (χ0v) is 19.9. The number of nitrogens with zero attached hydrogens (tertiary/aromatic N) is 1. The molecule has 0 bridgehead atoms. The van der Waals surface area contributed by atoms with Crippen molar-refractivity contribution in [2.45, 2.75) is 102 Å². The summed E-state index contributed by atoms with van der Waals surface area (Å²) in [6, 6.07) is 0.956. The van der Waals surface area contributed by atoms with E-state index in [9.17, 15) is 0 Å². The summed E-state index contributed by atoms with van der Waals surface area (Å²) in [6.07, 6.45) is 15.0. The Labute approximate surface area is 193 Å². The normalized spacial score (nSPS) is 42.0. The maximum Gasteiger partial charge on any atom is 0.165 e. The van der Waals surface area contributed by atoms with Gasteiger partial charge in [-0.1, -0.05) is 31.4 Å². The maximum atomic E-state index is 6.31. The van der Waals surface area contributed by atoms with Gasteiger partial charge in [-0.25, -0.2) is 5.01 Å². The molecular weight excluding hydrogens is 404 g/mol. The zero-order valence-electron chi connectivity index (χ0n) is 19.9. The minimum atomic E-state index is -0.149. The fourth-order valence-electron chi connectivity index (χ4n) is 6.42. The van der Waals surface area contributed by atoms with Crippen LogP contribution in [0.5, 0.6) is 0 Å². The highest BCUT2D eigenvalue weighted by Gasteiger charge is 2.39. The summed E-state index contributed by atoms with van der Waals surface area (Å²) in [6.45, 7) is 6.66. The van der Waals surface area contributed by atoms with Crippen molar-refractivity contribution in [3.05, 3.63) is 11.6 Å². The lowest BCUT2D eigenvalue weighted by molar-refractivity contribution is -0.0849. The van der Waals surface area contributed by atoms with Gasteiger partial charge in [0, 0.05) is 31.8 Å². The minimum absolute atomic E-state index is 0.149. The summed E-state index contributed by atoms with van der Waals surface area (Å²) in [5, 5.41) is 9.97. The smallest absolute Gasteiger partial charge is 0.165 e. The molecule has 7 nitrogen and oxygen atoms in total. The second-order valence-electron chi connectivity index (χ2n) is 10.7. The van der Waals surface area contributed by atoms with Gasteiger partial charge in [-0.05, 0) is 63.2 Å². The lowest BCUT2D eigenvalue weighted by atomic mass is 9.78. The van der Waals surface area contributed by atoms with E-state index in [0.29, 0.717) is 18.7 Å². The van der Waals surface area contributed by atoms with Crippen LogP contribution >= 0.6 is 0 Å². The Hall–Kier alpha value is -0.540. The van der Waals surface area contributed by atoms with E-state index in [0.717, 1.165) is 70.3 Å². The molecule has 0 aromatic carbocycles. The molecule has 4 aliphatic heterocycles. The van der Waals surface area contributed by atoms with Gasteiger partial charge in [-0.2, -0.15) is 0 Å². The van der Waals surface area contributed by atoms with Crippen LogP contribution in [0.3, 0.4) is 0 Å². The van der Waals surface area contributed by atoms with Gasteiger partial charge in [0.1, 0.15) is 0 Å². The van der Waals surface area contributed by atoms with Crippen LogP contribution in [-0.4, -0.2) is 68.7 Å². The minimum Gasteiger partial charge on any atom is -0.377 e. The fourth-order valence-corrected chi connectivity index (χ4v) is 6.42. The van der Waals surface area contributed by atoms with Crippen LogP contribution < -0.4 is 16.1 Å². The van der Waals surface area contributed by atoms with Gasteiger partial charge in [0.15, 0.2) is 6.35 Å². The molecule has 1 saturated carbocycles. The molecule has 182 valence electrons. The summed E-state index contributed by atoms with van der Waals surface area (Å²) < 4.78 is 17.8. The highest BCUT2D eigenvalue weighted by molar-refractivity contribution is 5.14. The molecule has 0 spiro atoms. The molecule has 0 aromatic rings. The van der Waals surface area contributed by atoms with E-state index in [1.54, 1.807) is 0 Å². The molecule has 7 unspecified atom stereocenters. The zero-order chi connectivity index (χ0) is 21.8. The van der Waals surface area contributed by atoms with E-state index in [1.807, 2.05) is 0 Å². The van der Waals surface area contributed by atoms with Crippen molar-refractivity contribution in [2.24, 2.45) is 11.8 Å². The van der Waals surface area contributed by atoms with Gasteiger partial charge in [0.2, 0.25) is 0 Å². The van der Waals surface area contributed by atoms with E-state index in [1.165, 1.54) is 37.7 Å². The van der Waals surface area contributed by atoms with Crippen LogP contribution in [0.2, 0.25) is 0 Å². The second kappa shape index (κ2) is 11.3. The third-order valence-corrected chi connectivity index (χ3v) is 8.23. The Morgan fingerprint density at radius 3 is 2.91 bits per heavy atom. The van der Waals surface area contributed by atoms with Crippen LogP contribution in [0.15, 0.2) is 11.6 Å². The molecule has 5 aliphatic rings. The van der Waals surface area contributed by atoms with Crippen molar-refractivity contribution in [2.75, 3.05) is 33.0 Å². The Balaban J connectivity index is 1.22. The first-order valence-corrected chi connectivity index (χ1v) is 13.3. The van der Waals surface area contributed by atoms with Crippen molar-refractivity contribution < 1.29 is 14.2 Å². The summed E-state index contributed by atoms with van der Waals surface area (Å²) in [4.78, 5) is 0. The SMILES string of the molecule is CC1CCCC(C2CCN(C3CC(C4=CCOCCC4)NC(OCC4CCCO4)N3)N2)C1. The average Bonchev–Trinajstić information content (AvgIpc) is 3.45. The fraction of sp³-hybridized carbons (Fsp3) is 0.920. The van der Waals surface area contributed by atoms with Crippen LogP contribution in [0.25, 0.3) is 0 Å². The lowest BCUT2D eigenvalue weighted by Gasteiger charge is -2.42. The molecule has 32 heavy (non-hydrogen) atoms. The largest absolute Gasteiger partial charge is 0.377 e. The number of hydrazine groups is 1. The Morgan fingerprint density at radius 1 is 1.06 bits per heavy atom. The van der Waals surface area contributed by atoms with Gasteiger partial charge in [0.05, 0.1) is 25.5 Å². The molecule has 7 heteroatoms. The number of hydrogen-bond acceptors (Lipinski definition) is 7. The van der Waals surface area contributed by atoms with Gasteiger partial charge in [0.25, 0.3) is 0 Å². The molecule has 3 N–H and O–H groups in total. The van der Waals surface area contributed by atoms with Crippen LogP contribution in [-0.2, 0) is 14.2 Å². The van der Waals surface area contributed by atoms with Crippen molar-refractivity contribution >= 4 is 0 Å². The lowest BCUT2D eigenvalue weighted by Crippen LogP contribution is -2.66. The van der Waals surface area contributed by atoms with Crippen molar-refractivity contribution in [1.29, 1.82) is 0 Å². The molecule has 5 rings (SSSR count). The molecule has 4 heterocycles. The molecule has 4 fully saturated rings. The first-order chi connectivity index (χ1) is 15.7. The van der Waals surface area contributed by atoms with E-state index < -0.39 is 0 Å². The average molecular weight is 449 g/mol. The van der Waals surface area contributed by atoms with Gasteiger partial charge >= 0.3 is 0 Å². The number of hydrogen-bond donors (Lipinski definition) is 3. The quantitative estimate of drug-likeness (QED) is 0.540. The van der Waals surface area contributed by atoms with Crippen molar-refractivity contribution in [3.63, 3.8) is 0 Å². The van der Waals surface area contributed by atoms with E-state index in [2.05, 4.69) is 34.1 Å². The first-order valence-electron chi connectivity index (χ1n) is 13.3. The van der Waals surface area contributed by atoms with Crippen molar-refractivity contribution in [3.8, 4) is 0 Å². The summed E-state index contributed by atoms with van der Waals surface area (Å²) >= 11 is 0. The molecule has 1 aliphatic carbocycles. The number of nitrogens with one attached hydrogen (secondary N) is 3. The van der Waals surface area contributed by atoms with Gasteiger partial charge in [-0.15, -0.1) is 0 Å². The summed E-state index contributed by atoms with van der Waals surface area (Å²) in [7, 11) is 0. The number of rotatable bonds is 6. The molecule has 0 aromatic heterocycles. The highest BCUT2D eigenvalue weighted by Crippen LogP contribution is 2.34. The van der Waals surface area contributed by atoms with Crippen LogP contribution in [0, 0.1) is 11.8 Å². The Morgan fingerprint density at radius 2 is 2.03 bits per heavy atom.